The smallest absolute Gasteiger partial charge is 0.256 e. The van der Waals surface area contributed by atoms with Crippen LogP contribution in [0.3, 0.4) is 0 Å². The Morgan fingerprint density at radius 1 is 1.28 bits per heavy atom. The van der Waals surface area contributed by atoms with Gasteiger partial charge in [-0.25, -0.2) is 18.7 Å². The predicted molar refractivity (Wildman–Crippen MR) is 129 cm³/mol. The molecule has 0 saturated carbocycles. The van der Waals surface area contributed by atoms with Gasteiger partial charge in [0.2, 0.25) is 5.95 Å². The summed E-state index contributed by atoms with van der Waals surface area (Å²) in [5.74, 6) is -0.686. The zero-order chi connectivity index (χ0) is 25.6. The molecule has 0 fully saturated rings. The highest BCUT2D eigenvalue weighted by Gasteiger charge is 2.22. The van der Waals surface area contributed by atoms with E-state index in [1.54, 1.807) is 6.07 Å². The van der Waals surface area contributed by atoms with Crippen LogP contribution in [0.25, 0.3) is 16.8 Å². The van der Waals surface area contributed by atoms with Crippen LogP contribution in [0.4, 0.5) is 14.7 Å². The third kappa shape index (κ3) is 3.97. The fourth-order valence-electron chi connectivity index (χ4n) is 4.18. The second-order valence-electron chi connectivity index (χ2n) is 8.39. The zero-order valence-corrected chi connectivity index (χ0v) is 20.0. The first kappa shape index (κ1) is 23.5. The number of imidazole rings is 1. The van der Waals surface area contributed by atoms with E-state index < -0.39 is 11.7 Å². The van der Waals surface area contributed by atoms with Crippen molar-refractivity contribution < 1.29 is 18.3 Å². The summed E-state index contributed by atoms with van der Waals surface area (Å²) in [5.41, 5.74) is 2.10. The van der Waals surface area contributed by atoms with Gasteiger partial charge in [0, 0.05) is 60.5 Å². The van der Waals surface area contributed by atoms with E-state index in [-0.39, 0.29) is 34.2 Å². The Labute approximate surface area is 209 Å². The summed E-state index contributed by atoms with van der Waals surface area (Å²) in [7, 11) is 3.03. The Morgan fingerprint density at radius 2 is 2.08 bits per heavy atom. The van der Waals surface area contributed by atoms with Gasteiger partial charge in [0.05, 0.1) is 18.4 Å². The molecule has 3 heterocycles. The van der Waals surface area contributed by atoms with Gasteiger partial charge in [-0.3, -0.25) is 9.20 Å². The van der Waals surface area contributed by atoms with Crippen LogP contribution in [-0.2, 0) is 13.0 Å². The number of carbonyl (C=O) groups is 1. The molecule has 1 aliphatic rings. The van der Waals surface area contributed by atoms with E-state index in [2.05, 4.69) is 15.3 Å². The van der Waals surface area contributed by atoms with Gasteiger partial charge in [-0.2, -0.15) is 5.26 Å². The lowest BCUT2D eigenvalue weighted by atomic mass is 10.0. The van der Waals surface area contributed by atoms with Crippen molar-refractivity contribution in [2.45, 2.75) is 13.0 Å². The van der Waals surface area contributed by atoms with Gasteiger partial charge in [-0.15, -0.1) is 0 Å². The van der Waals surface area contributed by atoms with Crippen molar-refractivity contribution in [3.8, 4) is 22.9 Å². The average Bonchev–Trinajstić information content (AvgIpc) is 3.51. The van der Waals surface area contributed by atoms with Gasteiger partial charge in [0.25, 0.3) is 5.91 Å². The fraction of sp³-hybridized carbons (Fsp3) is 0.200. The average molecular weight is 509 g/mol. The highest BCUT2D eigenvalue weighted by Crippen LogP contribution is 2.34. The molecule has 11 heteroatoms. The summed E-state index contributed by atoms with van der Waals surface area (Å²) in [4.78, 5) is 22.3. The van der Waals surface area contributed by atoms with Crippen molar-refractivity contribution in [3.63, 3.8) is 0 Å². The van der Waals surface area contributed by atoms with Crippen LogP contribution in [0.15, 0.2) is 36.7 Å². The first-order chi connectivity index (χ1) is 17.3. The van der Waals surface area contributed by atoms with Crippen LogP contribution < -0.4 is 10.1 Å². The van der Waals surface area contributed by atoms with Crippen molar-refractivity contribution >= 4 is 29.1 Å². The summed E-state index contributed by atoms with van der Waals surface area (Å²) < 4.78 is 36.5. The number of benzene rings is 2. The van der Waals surface area contributed by atoms with E-state index >= 15 is 0 Å². The number of aromatic nitrogens is 3. The van der Waals surface area contributed by atoms with Crippen LogP contribution in [-0.4, -0.2) is 45.9 Å². The van der Waals surface area contributed by atoms with E-state index in [1.165, 1.54) is 47.9 Å². The second-order valence-corrected chi connectivity index (χ2v) is 8.80. The first-order valence-corrected chi connectivity index (χ1v) is 11.3. The molecule has 1 N–H and O–H groups in total. The van der Waals surface area contributed by atoms with E-state index in [9.17, 15) is 18.8 Å². The van der Waals surface area contributed by atoms with Crippen LogP contribution in [0.1, 0.15) is 27.2 Å². The Bertz CT molecular complexity index is 1580. The summed E-state index contributed by atoms with van der Waals surface area (Å²) in [6.07, 6.45) is 3.51. The number of hydrogen-bond donors (Lipinski definition) is 1. The molecule has 4 aromatic rings. The van der Waals surface area contributed by atoms with Crippen LogP contribution in [0.5, 0.6) is 5.75 Å². The maximum Gasteiger partial charge on any atom is 0.256 e. The number of nitrogens with zero attached hydrogens (tertiary/aromatic N) is 5. The van der Waals surface area contributed by atoms with Gasteiger partial charge < -0.3 is 15.0 Å². The van der Waals surface area contributed by atoms with Crippen molar-refractivity contribution in [3.05, 3.63) is 75.7 Å². The number of amides is 1. The highest BCUT2D eigenvalue weighted by molar-refractivity contribution is 6.34. The predicted octanol–water partition coefficient (Wildman–Crippen LogP) is 4.45. The van der Waals surface area contributed by atoms with Crippen LogP contribution in [0, 0.1) is 23.0 Å². The molecule has 0 radical (unpaired) electrons. The number of fused-ring (bicyclic) bond motifs is 2. The number of nitriles is 1. The normalized spacial score (nSPS) is 12.2. The zero-order valence-electron chi connectivity index (χ0n) is 19.3. The molecular weight excluding hydrogens is 490 g/mol. The van der Waals surface area contributed by atoms with Gasteiger partial charge in [-0.05, 0) is 24.3 Å². The van der Waals surface area contributed by atoms with Gasteiger partial charge in [0.1, 0.15) is 23.5 Å². The number of halogens is 3. The van der Waals surface area contributed by atoms with Crippen molar-refractivity contribution in [2.75, 3.05) is 26.0 Å². The first-order valence-electron chi connectivity index (χ1n) is 10.9. The molecule has 2 aromatic carbocycles. The minimum atomic E-state index is -0.754. The number of anilines is 1. The minimum Gasteiger partial charge on any atom is -0.493 e. The molecular formula is C25H19ClF2N6O2. The highest BCUT2D eigenvalue weighted by atomic mass is 35.5. The van der Waals surface area contributed by atoms with Crippen LogP contribution in [0.2, 0.25) is 5.02 Å². The SMILES string of the molecule is CN(C)C(=O)c1cc(Cl)c(-c2cnc(NCc3c(F)ccc4c3CCO4)n3cc(C#N)nc23)cc1F. The third-order valence-electron chi connectivity index (χ3n) is 5.95. The maximum absolute atomic E-state index is 14.9. The summed E-state index contributed by atoms with van der Waals surface area (Å²) in [6.45, 7) is 0.614. The maximum atomic E-state index is 14.9. The largest absolute Gasteiger partial charge is 0.493 e. The Morgan fingerprint density at radius 3 is 2.83 bits per heavy atom. The standard InChI is InChI=1S/C25H19ClF2N6O2/c1-33(2)24(35)16-7-19(26)15(8-21(16)28)18-11-31-25(34-12-13(9-29)32-23(18)34)30-10-17-14-5-6-36-22(14)4-3-20(17)27/h3-4,7-8,11-12H,5-6,10H2,1-2H3,(H,30,31). The van der Waals surface area contributed by atoms with Gasteiger partial charge in [-0.1, -0.05) is 11.6 Å². The molecule has 8 nitrogen and oxygen atoms in total. The van der Waals surface area contributed by atoms with Crippen molar-refractivity contribution in [1.29, 1.82) is 5.26 Å². The lowest BCUT2D eigenvalue weighted by Crippen LogP contribution is -2.22. The monoisotopic (exact) mass is 508 g/mol. The molecule has 0 aliphatic carbocycles. The van der Waals surface area contributed by atoms with E-state index in [1.807, 2.05) is 6.07 Å². The Balaban J connectivity index is 1.56. The quantitative estimate of drug-likeness (QED) is 0.428. The molecule has 0 spiro atoms. The number of rotatable bonds is 5. The van der Waals surface area contributed by atoms with E-state index in [0.717, 1.165) is 11.6 Å². The Kier molecular flexibility index (Phi) is 5.94. The van der Waals surface area contributed by atoms with Gasteiger partial charge in [0.15, 0.2) is 11.3 Å². The molecule has 0 atom stereocenters. The van der Waals surface area contributed by atoms with Gasteiger partial charge >= 0.3 is 0 Å². The number of carbonyl (C=O) groups excluding carboxylic acids is 1. The molecule has 1 amide bonds. The summed E-state index contributed by atoms with van der Waals surface area (Å²) in [6, 6.07) is 7.36. The van der Waals surface area contributed by atoms with E-state index in [4.69, 9.17) is 16.3 Å². The molecule has 0 unspecified atom stereocenters. The topological polar surface area (TPSA) is 95.5 Å². The van der Waals surface area contributed by atoms with Crippen LogP contribution >= 0.6 is 11.6 Å². The molecule has 182 valence electrons. The lowest BCUT2D eigenvalue weighted by molar-refractivity contribution is 0.0823. The molecule has 2 aromatic heterocycles. The Hall–Kier alpha value is -4.23. The minimum absolute atomic E-state index is 0.100. The molecule has 0 saturated heterocycles. The molecule has 1 aliphatic heterocycles. The van der Waals surface area contributed by atoms with Crippen molar-refractivity contribution in [1.82, 2.24) is 19.3 Å². The molecule has 5 rings (SSSR count). The number of hydrogen-bond acceptors (Lipinski definition) is 6. The second kappa shape index (κ2) is 9.09. The third-order valence-corrected chi connectivity index (χ3v) is 6.27. The molecule has 36 heavy (non-hydrogen) atoms. The van der Waals surface area contributed by atoms with Crippen molar-refractivity contribution in [2.24, 2.45) is 0 Å². The molecule has 0 bridgehead atoms. The van der Waals surface area contributed by atoms with E-state index in [0.29, 0.717) is 41.5 Å². The fourth-order valence-corrected chi connectivity index (χ4v) is 4.45. The number of ether oxygens (including phenoxy) is 1. The number of nitrogens with one attached hydrogen (secondary N) is 1. The summed E-state index contributed by atoms with van der Waals surface area (Å²) in [5, 5.41) is 12.7. The lowest BCUT2D eigenvalue weighted by Gasteiger charge is -2.15. The summed E-state index contributed by atoms with van der Waals surface area (Å²) >= 11 is 6.44.